The van der Waals surface area contributed by atoms with Crippen molar-refractivity contribution in [2.45, 2.75) is 20.0 Å². The molecule has 0 aliphatic rings. The Morgan fingerprint density at radius 3 is 2.73 bits per heavy atom. The Morgan fingerprint density at radius 2 is 2.07 bits per heavy atom. The van der Waals surface area contributed by atoms with E-state index in [1.807, 2.05) is 32.0 Å². The number of fused-ring (bicyclic) bond motifs is 1. The molecule has 0 unspecified atom stereocenters. The van der Waals surface area contributed by atoms with E-state index in [1.165, 1.54) is 0 Å². The van der Waals surface area contributed by atoms with Crippen molar-refractivity contribution in [1.82, 2.24) is 0 Å². The van der Waals surface area contributed by atoms with Crippen LogP contribution in [0.5, 0.6) is 0 Å². The third kappa shape index (κ3) is 1.54. The summed E-state index contributed by atoms with van der Waals surface area (Å²) in [5, 5.41) is 19.5. The second-order valence-corrected chi connectivity index (χ2v) is 3.70. The van der Waals surface area contributed by atoms with Gasteiger partial charge in [-0.3, -0.25) is 0 Å². The van der Waals surface area contributed by atoms with E-state index in [4.69, 9.17) is 9.52 Å². The van der Waals surface area contributed by atoms with Gasteiger partial charge in [-0.2, -0.15) is 0 Å². The van der Waals surface area contributed by atoms with Gasteiger partial charge in [0.1, 0.15) is 17.4 Å². The van der Waals surface area contributed by atoms with Gasteiger partial charge < -0.3 is 14.6 Å². The number of hydrogen-bond acceptors (Lipinski definition) is 3. The molecular weight excluding hydrogens is 192 g/mol. The zero-order valence-electron chi connectivity index (χ0n) is 8.82. The van der Waals surface area contributed by atoms with Gasteiger partial charge in [-0.15, -0.1) is 0 Å². The van der Waals surface area contributed by atoms with Crippen LogP contribution in [-0.2, 0) is 0 Å². The van der Waals surface area contributed by atoms with E-state index in [2.05, 4.69) is 0 Å². The molecule has 1 heterocycles. The normalized spacial score (nSPS) is 13.3. The van der Waals surface area contributed by atoms with Gasteiger partial charge in [-0.1, -0.05) is 12.1 Å². The first-order valence-electron chi connectivity index (χ1n) is 4.92. The zero-order valence-corrected chi connectivity index (χ0v) is 8.82. The average molecular weight is 206 g/mol. The summed E-state index contributed by atoms with van der Waals surface area (Å²) in [6.45, 7) is 3.57. The fraction of sp³-hybridized carbons (Fsp3) is 0.333. The minimum Gasteiger partial charge on any atom is -0.461 e. The second-order valence-electron chi connectivity index (χ2n) is 3.70. The summed E-state index contributed by atoms with van der Waals surface area (Å²) in [5.41, 5.74) is 2.51. The van der Waals surface area contributed by atoms with Crippen molar-refractivity contribution in [1.29, 1.82) is 0 Å². The van der Waals surface area contributed by atoms with Crippen molar-refractivity contribution in [3.05, 3.63) is 35.1 Å². The van der Waals surface area contributed by atoms with Crippen molar-refractivity contribution < 1.29 is 14.6 Å². The van der Waals surface area contributed by atoms with Crippen LogP contribution in [0.15, 0.2) is 22.6 Å². The van der Waals surface area contributed by atoms with Gasteiger partial charge >= 0.3 is 0 Å². The fourth-order valence-corrected chi connectivity index (χ4v) is 1.83. The molecule has 0 aliphatic carbocycles. The molecule has 0 saturated heterocycles. The molecule has 1 aromatic carbocycles. The Labute approximate surface area is 88.0 Å². The van der Waals surface area contributed by atoms with Crippen LogP contribution in [0.25, 0.3) is 11.0 Å². The lowest BCUT2D eigenvalue weighted by Gasteiger charge is -2.08. The van der Waals surface area contributed by atoms with E-state index in [0.717, 1.165) is 27.9 Å². The van der Waals surface area contributed by atoms with Gasteiger partial charge in [0.25, 0.3) is 0 Å². The highest BCUT2D eigenvalue weighted by Gasteiger charge is 2.15. The molecule has 15 heavy (non-hydrogen) atoms. The predicted molar refractivity (Wildman–Crippen MR) is 57.7 cm³/mol. The first-order chi connectivity index (χ1) is 7.15. The van der Waals surface area contributed by atoms with E-state index in [-0.39, 0.29) is 6.61 Å². The number of furan rings is 1. The van der Waals surface area contributed by atoms with Gasteiger partial charge in [0.05, 0.1) is 6.61 Å². The van der Waals surface area contributed by atoms with E-state index in [0.29, 0.717) is 0 Å². The molecule has 2 N–H and O–H groups in total. The lowest BCUT2D eigenvalue weighted by atomic mass is 10.0. The Balaban J connectivity index is 2.74. The van der Waals surface area contributed by atoms with Crippen LogP contribution in [0, 0.1) is 13.8 Å². The van der Waals surface area contributed by atoms with Crippen LogP contribution in [0.4, 0.5) is 0 Å². The fourth-order valence-electron chi connectivity index (χ4n) is 1.83. The van der Waals surface area contributed by atoms with E-state index in [9.17, 15) is 5.11 Å². The van der Waals surface area contributed by atoms with Crippen LogP contribution >= 0.6 is 0 Å². The molecular formula is C12H14O3. The number of hydrogen-bond donors (Lipinski definition) is 2. The summed E-state index contributed by atoms with van der Waals surface area (Å²) in [6.07, 6.45) is -0.843. The molecule has 0 fully saturated rings. The molecule has 1 aromatic heterocycles. The molecule has 2 aromatic rings. The molecule has 0 bridgehead atoms. The summed E-state index contributed by atoms with van der Waals surface area (Å²) in [6, 6.07) is 5.49. The molecule has 0 aliphatic heterocycles. The molecule has 80 valence electrons. The van der Waals surface area contributed by atoms with Crippen LogP contribution in [0.2, 0.25) is 0 Å². The smallest absolute Gasteiger partial charge is 0.134 e. The Hall–Kier alpha value is -1.32. The first-order valence-corrected chi connectivity index (χ1v) is 4.92. The highest BCUT2D eigenvalue weighted by Crippen LogP contribution is 2.30. The largest absolute Gasteiger partial charge is 0.461 e. The van der Waals surface area contributed by atoms with Crippen molar-refractivity contribution >= 4 is 11.0 Å². The summed E-state index contributed by atoms with van der Waals surface area (Å²) in [7, 11) is 0. The third-order valence-corrected chi connectivity index (χ3v) is 2.76. The lowest BCUT2D eigenvalue weighted by Crippen LogP contribution is -2.02. The summed E-state index contributed by atoms with van der Waals surface area (Å²) in [4.78, 5) is 0. The lowest BCUT2D eigenvalue weighted by molar-refractivity contribution is 0.0967. The van der Waals surface area contributed by atoms with E-state index in [1.54, 1.807) is 0 Å². The quantitative estimate of drug-likeness (QED) is 0.790. The van der Waals surface area contributed by atoms with E-state index >= 15 is 0 Å². The molecule has 0 spiro atoms. The van der Waals surface area contributed by atoms with E-state index < -0.39 is 6.10 Å². The predicted octanol–water partition coefficient (Wildman–Crippen LogP) is 2.08. The maximum absolute atomic E-state index is 9.67. The monoisotopic (exact) mass is 206 g/mol. The van der Waals surface area contributed by atoms with Gasteiger partial charge in [0.2, 0.25) is 0 Å². The molecule has 3 nitrogen and oxygen atoms in total. The zero-order chi connectivity index (χ0) is 11.0. The number of aryl methyl sites for hydroxylation is 2. The number of benzene rings is 1. The number of aliphatic hydroxyl groups is 2. The maximum atomic E-state index is 9.67. The van der Waals surface area contributed by atoms with Gasteiger partial charge in [-0.05, 0) is 31.0 Å². The Kier molecular flexibility index (Phi) is 2.50. The average Bonchev–Trinajstić information content (AvgIpc) is 2.54. The van der Waals surface area contributed by atoms with Gasteiger partial charge in [0, 0.05) is 5.39 Å². The van der Waals surface area contributed by atoms with Crippen molar-refractivity contribution in [2.75, 3.05) is 6.61 Å². The molecule has 1 atom stereocenters. The van der Waals surface area contributed by atoms with Crippen LogP contribution in [-0.4, -0.2) is 16.8 Å². The molecule has 0 amide bonds. The molecule has 3 heteroatoms. The number of aliphatic hydroxyl groups excluding tert-OH is 2. The molecule has 0 radical (unpaired) electrons. The minimum atomic E-state index is -0.843. The van der Waals surface area contributed by atoms with Gasteiger partial charge in [-0.25, -0.2) is 0 Å². The van der Waals surface area contributed by atoms with Gasteiger partial charge in [0.15, 0.2) is 0 Å². The molecule has 2 rings (SSSR count). The summed E-state index contributed by atoms with van der Waals surface area (Å²) >= 11 is 0. The minimum absolute atomic E-state index is 0.275. The maximum Gasteiger partial charge on any atom is 0.134 e. The Morgan fingerprint density at radius 1 is 1.33 bits per heavy atom. The standard InChI is InChI=1S/C12H14O3/c1-7-8(2)15-11-5-3-4-9(12(7)11)10(14)6-13/h3-5,10,13-14H,6H2,1-2H3/t10-/m1/s1. The summed E-state index contributed by atoms with van der Waals surface area (Å²) < 4.78 is 5.54. The first kappa shape index (κ1) is 10.2. The van der Waals surface area contributed by atoms with Crippen LogP contribution < -0.4 is 0 Å². The highest BCUT2D eigenvalue weighted by molar-refractivity contribution is 5.85. The SMILES string of the molecule is Cc1oc2cccc([C@H](O)CO)c2c1C. The van der Waals surface area contributed by atoms with Crippen LogP contribution in [0.1, 0.15) is 23.0 Å². The second kappa shape index (κ2) is 3.68. The van der Waals surface area contributed by atoms with Crippen molar-refractivity contribution in [3.63, 3.8) is 0 Å². The van der Waals surface area contributed by atoms with Crippen LogP contribution in [0.3, 0.4) is 0 Å². The summed E-state index contributed by atoms with van der Waals surface area (Å²) in [5.74, 6) is 0.850. The third-order valence-electron chi connectivity index (χ3n) is 2.76. The van der Waals surface area contributed by atoms with Crippen molar-refractivity contribution in [3.8, 4) is 0 Å². The highest BCUT2D eigenvalue weighted by atomic mass is 16.3. The number of rotatable bonds is 2. The van der Waals surface area contributed by atoms with Crippen molar-refractivity contribution in [2.24, 2.45) is 0 Å². The Bertz CT molecular complexity index is 485. The topological polar surface area (TPSA) is 53.6 Å². The molecule has 0 saturated carbocycles.